The average Bonchev–Trinajstić information content (AvgIpc) is 2.69. The van der Waals surface area contributed by atoms with Gasteiger partial charge in [0.15, 0.2) is 0 Å². The predicted octanol–water partition coefficient (Wildman–Crippen LogP) is 4.87. The summed E-state index contributed by atoms with van der Waals surface area (Å²) in [6, 6.07) is 14.3. The topological polar surface area (TPSA) is 49.4 Å². The number of hydrogen-bond acceptors (Lipinski definition) is 2. The summed E-state index contributed by atoms with van der Waals surface area (Å²) in [4.78, 5) is 27.6. The lowest BCUT2D eigenvalue weighted by molar-refractivity contribution is -0.140. The number of benzene rings is 2. The molecule has 28 heavy (non-hydrogen) atoms. The molecular weight excluding hydrogens is 395 g/mol. The van der Waals surface area contributed by atoms with E-state index < -0.39 is 6.04 Å². The third-order valence-electron chi connectivity index (χ3n) is 4.52. The van der Waals surface area contributed by atoms with Crippen LogP contribution in [-0.4, -0.2) is 29.3 Å². The van der Waals surface area contributed by atoms with Gasteiger partial charge >= 0.3 is 0 Å². The standard InChI is InChI=1S/C22H26Cl2N2O2/c1-3-13-25-22(28)20(4-2)26(15-16-9-6-5-7-10-16)21(27)14-17-18(23)11-8-12-19(17)24/h5-12,20H,3-4,13-15H2,1-2H3,(H,25,28). The highest BCUT2D eigenvalue weighted by Gasteiger charge is 2.29. The molecule has 0 aliphatic heterocycles. The van der Waals surface area contributed by atoms with E-state index in [1.165, 1.54) is 0 Å². The minimum Gasteiger partial charge on any atom is -0.354 e. The van der Waals surface area contributed by atoms with Crippen molar-refractivity contribution in [2.75, 3.05) is 6.54 Å². The van der Waals surface area contributed by atoms with E-state index in [1.807, 2.05) is 44.2 Å². The molecule has 6 heteroatoms. The molecule has 0 aliphatic rings. The third-order valence-corrected chi connectivity index (χ3v) is 5.23. The van der Waals surface area contributed by atoms with Gasteiger partial charge in [0.2, 0.25) is 11.8 Å². The van der Waals surface area contributed by atoms with Gasteiger partial charge < -0.3 is 10.2 Å². The van der Waals surface area contributed by atoms with Crippen molar-refractivity contribution in [3.63, 3.8) is 0 Å². The molecule has 0 heterocycles. The molecule has 0 aromatic heterocycles. The minimum atomic E-state index is -0.555. The summed E-state index contributed by atoms with van der Waals surface area (Å²) in [7, 11) is 0. The van der Waals surface area contributed by atoms with Crippen molar-refractivity contribution in [1.82, 2.24) is 10.2 Å². The van der Waals surface area contributed by atoms with E-state index in [4.69, 9.17) is 23.2 Å². The largest absolute Gasteiger partial charge is 0.354 e. The lowest BCUT2D eigenvalue weighted by Gasteiger charge is -2.31. The molecule has 0 aliphatic carbocycles. The molecule has 0 radical (unpaired) electrons. The first-order valence-corrected chi connectivity index (χ1v) is 10.3. The number of carbonyl (C=O) groups is 2. The number of hydrogen-bond donors (Lipinski definition) is 1. The molecule has 2 aromatic carbocycles. The van der Waals surface area contributed by atoms with E-state index in [0.29, 0.717) is 35.1 Å². The number of nitrogens with zero attached hydrogens (tertiary/aromatic N) is 1. The van der Waals surface area contributed by atoms with Crippen LogP contribution in [0.2, 0.25) is 10.0 Å². The van der Waals surface area contributed by atoms with Gasteiger partial charge in [-0.25, -0.2) is 0 Å². The third kappa shape index (κ3) is 5.98. The maximum atomic E-state index is 13.2. The highest BCUT2D eigenvalue weighted by molar-refractivity contribution is 6.36. The fourth-order valence-electron chi connectivity index (χ4n) is 3.02. The van der Waals surface area contributed by atoms with Crippen LogP contribution >= 0.6 is 23.2 Å². The normalized spacial score (nSPS) is 11.7. The molecule has 2 amide bonds. The van der Waals surface area contributed by atoms with Crippen molar-refractivity contribution in [1.29, 1.82) is 0 Å². The second-order valence-electron chi connectivity index (χ2n) is 6.60. The fraction of sp³-hybridized carbons (Fsp3) is 0.364. The van der Waals surface area contributed by atoms with Gasteiger partial charge in [0, 0.05) is 23.1 Å². The molecule has 0 spiro atoms. The zero-order valence-electron chi connectivity index (χ0n) is 16.3. The van der Waals surface area contributed by atoms with Crippen LogP contribution in [0.4, 0.5) is 0 Å². The summed E-state index contributed by atoms with van der Waals surface area (Å²) in [5, 5.41) is 3.80. The SMILES string of the molecule is CCCNC(=O)C(CC)N(Cc1ccccc1)C(=O)Cc1c(Cl)cccc1Cl. The molecule has 150 valence electrons. The van der Waals surface area contributed by atoms with E-state index in [-0.39, 0.29) is 18.2 Å². The Labute approximate surface area is 176 Å². The number of amides is 2. The second kappa shape index (κ2) is 11.1. The number of halogens is 2. The molecular formula is C22H26Cl2N2O2. The van der Waals surface area contributed by atoms with Crippen molar-refractivity contribution in [3.8, 4) is 0 Å². The van der Waals surface area contributed by atoms with E-state index >= 15 is 0 Å². The summed E-state index contributed by atoms with van der Waals surface area (Å²) in [6.07, 6.45) is 1.40. The van der Waals surface area contributed by atoms with Gasteiger partial charge in [-0.15, -0.1) is 0 Å². The molecule has 0 saturated carbocycles. The van der Waals surface area contributed by atoms with Crippen LogP contribution in [0.1, 0.15) is 37.8 Å². The van der Waals surface area contributed by atoms with Crippen molar-refractivity contribution in [2.45, 2.75) is 45.7 Å². The molecule has 1 atom stereocenters. The first-order valence-electron chi connectivity index (χ1n) is 9.51. The average molecular weight is 421 g/mol. The zero-order chi connectivity index (χ0) is 20.5. The van der Waals surface area contributed by atoms with Crippen molar-refractivity contribution < 1.29 is 9.59 Å². The summed E-state index contributed by atoms with van der Waals surface area (Å²) in [5.74, 6) is -0.323. The van der Waals surface area contributed by atoms with Crippen LogP contribution in [-0.2, 0) is 22.6 Å². The number of rotatable bonds is 9. The molecule has 0 bridgehead atoms. The van der Waals surface area contributed by atoms with Crippen LogP contribution in [0.3, 0.4) is 0 Å². The Bertz CT molecular complexity index is 776. The molecule has 1 unspecified atom stereocenters. The van der Waals surface area contributed by atoms with Crippen LogP contribution in [0.25, 0.3) is 0 Å². The second-order valence-corrected chi connectivity index (χ2v) is 7.41. The lowest BCUT2D eigenvalue weighted by atomic mass is 10.1. The Morgan fingerprint density at radius 2 is 1.64 bits per heavy atom. The van der Waals surface area contributed by atoms with Gasteiger partial charge in [-0.05, 0) is 36.1 Å². The predicted molar refractivity (Wildman–Crippen MR) is 115 cm³/mol. The Kier molecular flexibility index (Phi) is 8.81. The first kappa shape index (κ1) is 22.3. The lowest BCUT2D eigenvalue weighted by Crippen LogP contribution is -2.49. The summed E-state index contributed by atoms with van der Waals surface area (Å²) >= 11 is 12.5. The quantitative estimate of drug-likeness (QED) is 0.628. The summed E-state index contributed by atoms with van der Waals surface area (Å²) in [5.41, 5.74) is 1.54. The van der Waals surface area contributed by atoms with Crippen LogP contribution in [0, 0.1) is 0 Å². The molecule has 2 aromatic rings. The Morgan fingerprint density at radius 3 is 2.21 bits per heavy atom. The van der Waals surface area contributed by atoms with Gasteiger partial charge in [0.1, 0.15) is 6.04 Å². The summed E-state index contributed by atoms with van der Waals surface area (Å²) in [6.45, 7) is 4.83. The van der Waals surface area contributed by atoms with Gasteiger partial charge in [-0.1, -0.05) is 73.4 Å². The van der Waals surface area contributed by atoms with Crippen LogP contribution < -0.4 is 5.32 Å². The minimum absolute atomic E-state index is 0.0445. The smallest absolute Gasteiger partial charge is 0.242 e. The van der Waals surface area contributed by atoms with Crippen molar-refractivity contribution in [3.05, 3.63) is 69.7 Å². The van der Waals surface area contributed by atoms with Crippen LogP contribution in [0.5, 0.6) is 0 Å². The number of carbonyl (C=O) groups excluding carboxylic acids is 2. The van der Waals surface area contributed by atoms with Crippen molar-refractivity contribution >= 4 is 35.0 Å². The van der Waals surface area contributed by atoms with E-state index in [1.54, 1.807) is 23.1 Å². The highest BCUT2D eigenvalue weighted by Crippen LogP contribution is 2.26. The molecule has 4 nitrogen and oxygen atoms in total. The van der Waals surface area contributed by atoms with Gasteiger partial charge in [-0.3, -0.25) is 9.59 Å². The fourth-order valence-corrected chi connectivity index (χ4v) is 3.55. The van der Waals surface area contributed by atoms with E-state index in [9.17, 15) is 9.59 Å². The Morgan fingerprint density at radius 1 is 1.00 bits per heavy atom. The maximum Gasteiger partial charge on any atom is 0.242 e. The molecule has 0 saturated heterocycles. The van der Waals surface area contributed by atoms with Gasteiger partial charge in [0.25, 0.3) is 0 Å². The highest BCUT2D eigenvalue weighted by atomic mass is 35.5. The number of nitrogens with one attached hydrogen (secondary N) is 1. The van der Waals surface area contributed by atoms with Gasteiger partial charge in [0.05, 0.1) is 6.42 Å². The summed E-state index contributed by atoms with van der Waals surface area (Å²) < 4.78 is 0. The molecule has 1 N–H and O–H groups in total. The maximum absolute atomic E-state index is 13.2. The first-order chi connectivity index (χ1) is 13.5. The molecule has 0 fully saturated rings. The zero-order valence-corrected chi connectivity index (χ0v) is 17.8. The van der Waals surface area contributed by atoms with E-state index in [0.717, 1.165) is 12.0 Å². The van der Waals surface area contributed by atoms with E-state index in [2.05, 4.69) is 5.32 Å². The Hall–Kier alpha value is -2.04. The van der Waals surface area contributed by atoms with Crippen molar-refractivity contribution in [2.24, 2.45) is 0 Å². The van der Waals surface area contributed by atoms with Gasteiger partial charge in [-0.2, -0.15) is 0 Å². The molecule has 2 rings (SSSR count). The Balaban J connectivity index is 2.30. The van der Waals surface area contributed by atoms with Crippen LogP contribution in [0.15, 0.2) is 48.5 Å². The monoisotopic (exact) mass is 420 g/mol.